The first-order valence-electron chi connectivity index (χ1n) is 4.51. The van der Waals surface area contributed by atoms with E-state index in [2.05, 4.69) is 0 Å². The summed E-state index contributed by atoms with van der Waals surface area (Å²) in [4.78, 5) is 0. The van der Waals surface area contributed by atoms with Gasteiger partial charge in [-0.2, -0.15) is 0 Å². The highest BCUT2D eigenvalue weighted by molar-refractivity contribution is 7.17. The molecule has 0 saturated heterocycles. The van der Waals surface area contributed by atoms with Crippen LogP contribution in [-0.4, -0.2) is 0 Å². The molecule has 0 saturated carbocycles. The fraction of sp³-hybridized carbons (Fsp3) is 0.273. The van der Waals surface area contributed by atoms with Crippen molar-refractivity contribution in [1.29, 1.82) is 0 Å². The number of hydrogen-bond acceptors (Lipinski definition) is 1. The van der Waals surface area contributed by atoms with Crippen LogP contribution >= 0.6 is 11.3 Å². The minimum atomic E-state index is -0.512. The average molecular weight is 214 g/mol. The van der Waals surface area contributed by atoms with Crippen molar-refractivity contribution in [1.82, 2.24) is 0 Å². The Morgan fingerprint density at radius 1 is 1.14 bits per heavy atom. The monoisotopic (exact) mass is 214 g/mol. The van der Waals surface area contributed by atoms with Crippen LogP contribution in [0.1, 0.15) is 19.4 Å². The molecule has 3 heteroatoms. The molecule has 0 nitrogen and oxygen atoms in total. The van der Waals surface area contributed by atoms with Crippen LogP contribution in [0, 0.1) is 18.6 Å². The van der Waals surface area contributed by atoms with Crippen LogP contribution in [0.15, 0.2) is 17.5 Å². The minimum absolute atomic E-state index is 0.469. The summed E-state index contributed by atoms with van der Waals surface area (Å²) in [6.45, 7) is 5.84. The molecule has 0 N–H and O–H groups in total. The third-order valence-corrected chi connectivity index (χ3v) is 2.91. The van der Waals surface area contributed by atoms with Crippen LogP contribution in [0.3, 0.4) is 0 Å². The Hall–Kier alpha value is -0.960. The van der Waals surface area contributed by atoms with Gasteiger partial charge in [-0.3, -0.25) is 0 Å². The van der Waals surface area contributed by atoms with E-state index in [0.717, 1.165) is 11.6 Å². The van der Waals surface area contributed by atoms with Gasteiger partial charge in [0.15, 0.2) is 0 Å². The Bertz CT molecular complexity index is 432. The van der Waals surface area contributed by atoms with Crippen molar-refractivity contribution >= 4 is 21.4 Å². The van der Waals surface area contributed by atoms with E-state index in [0.29, 0.717) is 10.1 Å². The van der Waals surface area contributed by atoms with Crippen molar-refractivity contribution < 1.29 is 8.78 Å². The Morgan fingerprint density at radius 3 is 2.43 bits per heavy atom. The van der Waals surface area contributed by atoms with E-state index in [1.54, 1.807) is 0 Å². The van der Waals surface area contributed by atoms with Crippen molar-refractivity contribution in [3.63, 3.8) is 0 Å². The van der Waals surface area contributed by atoms with Gasteiger partial charge in [0.1, 0.15) is 11.6 Å². The molecular weight excluding hydrogens is 202 g/mol. The summed E-state index contributed by atoms with van der Waals surface area (Å²) in [5.74, 6) is -0.982. The van der Waals surface area contributed by atoms with Gasteiger partial charge in [0.05, 0.1) is 4.70 Å². The Balaban J connectivity index is 0.000000461. The van der Waals surface area contributed by atoms with E-state index in [9.17, 15) is 8.78 Å². The lowest BCUT2D eigenvalue weighted by atomic mass is 10.2. The first-order valence-corrected chi connectivity index (χ1v) is 5.39. The maximum Gasteiger partial charge on any atom is 0.143 e. The van der Waals surface area contributed by atoms with Gasteiger partial charge in [-0.25, -0.2) is 8.78 Å². The van der Waals surface area contributed by atoms with Crippen LogP contribution in [0.25, 0.3) is 10.1 Å². The topological polar surface area (TPSA) is 0 Å². The van der Waals surface area contributed by atoms with Gasteiger partial charge in [0.2, 0.25) is 0 Å². The lowest BCUT2D eigenvalue weighted by Crippen LogP contribution is -1.79. The zero-order chi connectivity index (χ0) is 10.7. The molecule has 0 fully saturated rings. The molecule has 76 valence electrons. The zero-order valence-corrected chi connectivity index (χ0v) is 9.21. The van der Waals surface area contributed by atoms with E-state index in [1.807, 2.05) is 26.2 Å². The lowest BCUT2D eigenvalue weighted by Gasteiger charge is -1.93. The molecule has 0 bridgehead atoms. The highest BCUT2D eigenvalue weighted by Crippen LogP contribution is 2.28. The van der Waals surface area contributed by atoms with Gasteiger partial charge in [0.25, 0.3) is 0 Å². The summed E-state index contributed by atoms with van der Waals surface area (Å²) >= 11 is 1.31. The number of rotatable bonds is 0. The predicted octanol–water partition coefficient (Wildman–Crippen LogP) is 4.51. The Labute approximate surface area is 86.2 Å². The van der Waals surface area contributed by atoms with Crippen LogP contribution in [0.2, 0.25) is 0 Å². The third kappa shape index (κ3) is 1.93. The molecule has 0 aliphatic carbocycles. The maximum absolute atomic E-state index is 13.0. The molecule has 0 radical (unpaired) electrons. The van der Waals surface area contributed by atoms with E-state index in [-0.39, 0.29) is 0 Å². The fourth-order valence-electron chi connectivity index (χ4n) is 1.18. The molecule has 0 unspecified atom stereocenters. The second-order valence-corrected chi connectivity index (χ2v) is 3.56. The second-order valence-electron chi connectivity index (χ2n) is 2.68. The van der Waals surface area contributed by atoms with Gasteiger partial charge in [-0.05, 0) is 23.9 Å². The normalized spacial score (nSPS) is 9.79. The largest absolute Gasteiger partial charge is 0.207 e. The Morgan fingerprint density at radius 2 is 1.79 bits per heavy atom. The smallest absolute Gasteiger partial charge is 0.143 e. The Kier molecular flexibility index (Phi) is 3.58. The van der Waals surface area contributed by atoms with E-state index < -0.39 is 11.6 Å². The number of hydrogen-bond donors (Lipinski definition) is 0. The molecule has 2 rings (SSSR count). The van der Waals surface area contributed by atoms with Crippen LogP contribution in [0.5, 0.6) is 0 Å². The number of benzene rings is 1. The quantitative estimate of drug-likeness (QED) is 0.605. The summed E-state index contributed by atoms with van der Waals surface area (Å²) in [7, 11) is 0. The summed E-state index contributed by atoms with van der Waals surface area (Å²) in [6, 6.07) is 2.28. The van der Waals surface area contributed by atoms with Gasteiger partial charge >= 0.3 is 0 Å². The van der Waals surface area contributed by atoms with E-state index in [1.165, 1.54) is 17.4 Å². The molecule has 0 spiro atoms. The molecular formula is C11H12F2S. The molecule has 14 heavy (non-hydrogen) atoms. The fourth-order valence-corrected chi connectivity index (χ4v) is 2.12. The zero-order valence-electron chi connectivity index (χ0n) is 8.40. The molecule has 2 aromatic rings. The standard InChI is InChI=1S/C9H6F2S.C2H6/c1-5-4-12-9-7(5)2-6(10)3-8(9)11;1-2/h2-4H,1H3;1-2H3. The number of aryl methyl sites for hydroxylation is 1. The van der Waals surface area contributed by atoms with Crippen molar-refractivity contribution in [3.8, 4) is 0 Å². The number of fused-ring (bicyclic) bond motifs is 1. The van der Waals surface area contributed by atoms with Crippen LogP contribution in [-0.2, 0) is 0 Å². The van der Waals surface area contributed by atoms with Crippen molar-refractivity contribution in [2.45, 2.75) is 20.8 Å². The van der Waals surface area contributed by atoms with Crippen LogP contribution in [0.4, 0.5) is 8.78 Å². The van der Waals surface area contributed by atoms with Gasteiger partial charge in [-0.15, -0.1) is 11.3 Å². The summed E-state index contributed by atoms with van der Waals surface area (Å²) < 4.78 is 26.3. The van der Waals surface area contributed by atoms with E-state index in [4.69, 9.17) is 0 Å². The van der Waals surface area contributed by atoms with Crippen molar-refractivity contribution in [3.05, 3.63) is 34.7 Å². The lowest BCUT2D eigenvalue weighted by molar-refractivity contribution is 0.593. The van der Waals surface area contributed by atoms with Crippen LogP contribution < -0.4 is 0 Å². The molecule has 0 aliphatic rings. The molecule has 1 aromatic heterocycles. The third-order valence-electron chi connectivity index (χ3n) is 1.79. The predicted molar refractivity (Wildman–Crippen MR) is 57.8 cm³/mol. The maximum atomic E-state index is 13.0. The molecule has 1 aromatic carbocycles. The minimum Gasteiger partial charge on any atom is -0.207 e. The highest BCUT2D eigenvalue weighted by atomic mass is 32.1. The van der Waals surface area contributed by atoms with E-state index >= 15 is 0 Å². The molecule has 0 atom stereocenters. The van der Waals surface area contributed by atoms with Gasteiger partial charge in [0, 0.05) is 11.5 Å². The first-order chi connectivity index (χ1) is 6.68. The number of thiophene rings is 1. The first kappa shape index (κ1) is 11.1. The molecule has 0 amide bonds. The average Bonchev–Trinajstić information content (AvgIpc) is 2.52. The summed E-state index contributed by atoms with van der Waals surface area (Å²) in [5.41, 5.74) is 0.924. The van der Waals surface area contributed by atoms with Crippen molar-refractivity contribution in [2.75, 3.05) is 0 Å². The number of halogens is 2. The summed E-state index contributed by atoms with van der Waals surface area (Å²) in [6.07, 6.45) is 0. The summed E-state index contributed by atoms with van der Waals surface area (Å²) in [5, 5.41) is 2.50. The van der Waals surface area contributed by atoms with Gasteiger partial charge < -0.3 is 0 Å². The SMILES string of the molecule is CC.Cc1csc2c(F)cc(F)cc12. The van der Waals surface area contributed by atoms with Gasteiger partial charge in [-0.1, -0.05) is 13.8 Å². The van der Waals surface area contributed by atoms with Crippen molar-refractivity contribution in [2.24, 2.45) is 0 Å². The molecule has 0 aliphatic heterocycles. The molecule has 1 heterocycles. The highest BCUT2D eigenvalue weighted by Gasteiger charge is 2.07. The second kappa shape index (κ2) is 4.51.